The summed E-state index contributed by atoms with van der Waals surface area (Å²) in [6.07, 6.45) is 52.2. The van der Waals surface area contributed by atoms with Crippen LogP contribution in [0.25, 0.3) is 0 Å². The summed E-state index contributed by atoms with van der Waals surface area (Å²) >= 11 is 0. The molecule has 0 saturated heterocycles. The topological polar surface area (TPSA) is 142 Å². The Morgan fingerprint density at radius 1 is 0.571 bits per heavy atom. The lowest BCUT2D eigenvalue weighted by Gasteiger charge is -2.15. The predicted molar refractivity (Wildman–Crippen MR) is 231 cm³/mol. The molecule has 2 atom stereocenters. The summed E-state index contributed by atoms with van der Waals surface area (Å²) in [4.78, 5) is 47.4. The van der Waals surface area contributed by atoms with Gasteiger partial charge in [-0.25, -0.2) is 4.79 Å². The molecule has 0 aliphatic carbocycles. The SMILES string of the molecule is CC/C=C\C/C=C\C/C=C\C/C=C\C/C=C\CCCCCCCCCC(=O)OC(/C=C\C/C=C\CCC)CCCCCCC(=O)NCC(=O)NC(CO)C(=O)O. The van der Waals surface area contributed by atoms with Crippen molar-refractivity contribution >= 4 is 23.8 Å². The van der Waals surface area contributed by atoms with E-state index in [0.717, 1.165) is 103 Å². The zero-order chi connectivity index (χ0) is 41.2. The minimum atomic E-state index is -1.40. The van der Waals surface area contributed by atoms with Crippen molar-refractivity contribution in [3.05, 3.63) is 85.1 Å². The van der Waals surface area contributed by atoms with E-state index in [-0.39, 0.29) is 30.9 Å². The van der Waals surface area contributed by atoms with E-state index in [0.29, 0.717) is 12.8 Å². The first-order valence-electron chi connectivity index (χ1n) is 21.5. The van der Waals surface area contributed by atoms with E-state index in [9.17, 15) is 19.2 Å². The summed E-state index contributed by atoms with van der Waals surface area (Å²) in [7, 11) is 0. The molecule has 2 amide bonds. The van der Waals surface area contributed by atoms with Crippen molar-refractivity contribution in [3.8, 4) is 0 Å². The van der Waals surface area contributed by atoms with Crippen LogP contribution in [0.15, 0.2) is 85.1 Å². The van der Waals surface area contributed by atoms with E-state index in [1.54, 1.807) is 0 Å². The van der Waals surface area contributed by atoms with Gasteiger partial charge in [-0.05, 0) is 89.5 Å². The van der Waals surface area contributed by atoms with Gasteiger partial charge < -0.3 is 25.6 Å². The molecule has 0 spiro atoms. The van der Waals surface area contributed by atoms with Crippen LogP contribution in [0.1, 0.15) is 162 Å². The lowest BCUT2D eigenvalue weighted by Crippen LogP contribution is -2.47. The van der Waals surface area contributed by atoms with Crippen LogP contribution in [0.4, 0.5) is 0 Å². The van der Waals surface area contributed by atoms with Gasteiger partial charge in [0.15, 0.2) is 0 Å². The number of ether oxygens (including phenoxy) is 1. The monoisotopic (exact) mass is 781 g/mol. The number of hydrogen-bond donors (Lipinski definition) is 4. The number of hydrogen-bond acceptors (Lipinski definition) is 6. The third-order valence-electron chi connectivity index (χ3n) is 8.84. The van der Waals surface area contributed by atoms with Gasteiger partial charge in [-0.2, -0.15) is 0 Å². The molecule has 0 aliphatic heterocycles. The summed E-state index contributed by atoms with van der Waals surface area (Å²) in [6.45, 7) is 3.23. The Morgan fingerprint density at radius 2 is 1.07 bits per heavy atom. The standard InChI is InChI=1S/C47H76N2O7/c1-3-5-7-9-11-12-13-14-15-16-17-18-19-20-21-22-23-24-25-26-27-29-35-39-46(53)56-42(36-32-28-10-8-6-4-2)37-33-30-31-34-38-44(51)48-40-45(52)49-43(41-50)47(54)55/h5,7-8,10-12,14-15,17-18,20-21,32,36,42-43,50H,3-4,6,9,13,16,19,22-31,33-35,37-41H2,1-2H3,(H,48,51)(H,49,52)(H,54,55)/b7-5-,10-8-,12-11-,15-14-,18-17-,21-20-,36-32-. The number of aliphatic hydroxyl groups excluding tert-OH is 1. The molecule has 0 aromatic carbocycles. The maximum atomic E-state index is 12.7. The average Bonchev–Trinajstić information content (AvgIpc) is 3.18. The lowest BCUT2D eigenvalue weighted by atomic mass is 10.1. The van der Waals surface area contributed by atoms with E-state index in [1.807, 2.05) is 6.08 Å². The number of unbranched alkanes of at least 4 members (excludes halogenated alkanes) is 11. The Bertz CT molecular complexity index is 1210. The number of amides is 2. The molecule has 0 radical (unpaired) electrons. The van der Waals surface area contributed by atoms with Crippen LogP contribution in [-0.2, 0) is 23.9 Å². The molecule has 0 fully saturated rings. The van der Waals surface area contributed by atoms with Crippen molar-refractivity contribution in [2.75, 3.05) is 13.2 Å². The fourth-order valence-electron chi connectivity index (χ4n) is 5.58. The number of carbonyl (C=O) groups is 4. The number of esters is 1. The minimum Gasteiger partial charge on any atom is -0.480 e. The van der Waals surface area contributed by atoms with Gasteiger partial charge in [0.2, 0.25) is 11.8 Å². The smallest absolute Gasteiger partial charge is 0.328 e. The molecule has 0 aromatic rings. The number of rotatable bonds is 37. The molecule has 2 unspecified atom stereocenters. The third-order valence-corrected chi connectivity index (χ3v) is 8.84. The van der Waals surface area contributed by atoms with Gasteiger partial charge in [0.1, 0.15) is 12.1 Å². The van der Waals surface area contributed by atoms with Crippen LogP contribution < -0.4 is 10.6 Å². The van der Waals surface area contributed by atoms with Gasteiger partial charge >= 0.3 is 11.9 Å². The number of allylic oxidation sites excluding steroid dienone is 13. The van der Waals surface area contributed by atoms with Crippen LogP contribution in [0, 0.1) is 0 Å². The predicted octanol–water partition coefficient (Wildman–Crippen LogP) is 10.5. The van der Waals surface area contributed by atoms with E-state index >= 15 is 0 Å². The number of aliphatic hydroxyl groups is 1. The quantitative estimate of drug-likeness (QED) is 0.0279. The van der Waals surface area contributed by atoms with Gasteiger partial charge in [0.05, 0.1) is 13.2 Å². The number of carboxylic acids is 1. The van der Waals surface area contributed by atoms with E-state index in [1.165, 1.54) is 25.7 Å². The van der Waals surface area contributed by atoms with Crippen molar-refractivity contribution in [1.29, 1.82) is 0 Å². The Balaban J connectivity index is 4.14. The van der Waals surface area contributed by atoms with Crippen LogP contribution in [0.2, 0.25) is 0 Å². The zero-order valence-corrected chi connectivity index (χ0v) is 34.9. The molecule has 0 aliphatic rings. The fourth-order valence-corrected chi connectivity index (χ4v) is 5.58. The van der Waals surface area contributed by atoms with Gasteiger partial charge in [0.25, 0.3) is 0 Å². The molecule has 0 heterocycles. The van der Waals surface area contributed by atoms with E-state index in [4.69, 9.17) is 14.9 Å². The Morgan fingerprint density at radius 3 is 1.64 bits per heavy atom. The molecular formula is C47H76N2O7. The second-order valence-corrected chi connectivity index (χ2v) is 14.0. The molecule has 9 heteroatoms. The normalized spacial score (nSPS) is 13.3. The van der Waals surface area contributed by atoms with Crippen molar-refractivity contribution in [2.24, 2.45) is 0 Å². The van der Waals surface area contributed by atoms with E-state index < -0.39 is 24.5 Å². The first-order chi connectivity index (χ1) is 27.3. The molecule has 0 aromatic heterocycles. The lowest BCUT2D eigenvalue weighted by molar-refractivity contribution is -0.147. The molecule has 56 heavy (non-hydrogen) atoms. The van der Waals surface area contributed by atoms with Crippen molar-refractivity contribution in [3.63, 3.8) is 0 Å². The largest absolute Gasteiger partial charge is 0.480 e. The second kappa shape index (κ2) is 40.7. The van der Waals surface area contributed by atoms with Gasteiger partial charge in [-0.1, -0.05) is 144 Å². The number of carbonyl (C=O) groups excluding carboxylic acids is 3. The van der Waals surface area contributed by atoms with Crippen LogP contribution in [0.5, 0.6) is 0 Å². The molecule has 0 rings (SSSR count). The number of aliphatic carboxylic acids is 1. The van der Waals surface area contributed by atoms with Crippen molar-refractivity contribution in [2.45, 2.75) is 174 Å². The van der Waals surface area contributed by atoms with Crippen LogP contribution in [0.3, 0.4) is 0 Å². The highest BCUT2D eigenvalue weighted by molar-refractivity contribution is 5.87. The molecule has 4 N–H and O–H groups in total. The second-order valence-electron chi connectivity index (χ2n) is 14.0. The molecular weight excluding hydrogens is 705 g/mol. The first kappa shape index (κ1) is 52.0. The Hall–Kier alpha value is -3.98. The fraction of sp³-hybridized carbons (Fsp3) is 0.617. The maximum Gasteiger partial charge on any atom is 0.328 e. The zero-order valence-electron chi connectivity index (χ0n) is 34.9. The Labute approximate surface area is 339 Å². The number of nitrogens with one attached hydrogen (secondary N) is 2. The van der Waals surface area contributed by atoms with E-state index in [2.05, 4.69) is 103 Å². The Kier molecular flexibility index (Phi) is 37.8. The maximum absolute atomic E-state index is 12.7. The molecule has 316 valence electrons. The van der Waals surface area contributed by atoms with Gasteiger partial charge in [-0.15, -0.1) is 0 Å². The van der Waals surface area contributed by atoms with Crippen molar-refractivity contribution in [1.82, 2.24) is 10.6 Å². The number of carboxylic acid groups (broad SMARTS) is 1. The minimum absolute atomic E-state index is 0.146. The molecule has 0 bridgehead atoms. The highest BCUT2D eigenvalue weighted by Gasteiger charge is 2.18. The summed E-state index contributed by atoms with van der Waals surface area (Å²) < 4.78 is 5.86. The first-order valence-corrected chi connectivity index (χ1v) is 21.5. The molecule has 0 saturated carbocycles. The third kappa shape index (κ3) is 37.0. The summed E-state index contributed by atoms with van der Waals surface area (Å²) in [5, 5.41) is 22.5. The van der Waals surface area contributed by atoms with Gasteiger partial charge in [0, 0.05) is 12.8 Å². The molecule has 9 nitrogen and oxygen atoms in total. The highest BCUT2D eigenvalue weighted by Crippen LogP contribution is 2.15. The average molecular weight is 781 g/mol. The van der Waals surface area contributed by atoms with Gasteiger partial charge in [-0.3, -0.25) is 14.4 Å². The van der Waals surface area contributed by atoms with Crippen LogP contribution in [-0.4, -0.2) is 59.3 Å². The van der Waals surface area contributed by atoms with Crippen LogP contribution >= 0.6 is 0 Å². The highest BCUT2D eigenvalue weighted by atomic mass is 16.5. The van der Waals surface area contributed by atoms with Crippen molar-refractivity contribution < 1.29 is 34.1 Å². The summed E-state index contributed by atoms with van der Waals surface area (Å²) in [5.41, 5.74) is 0. The summed E-state index contributed by atoms with van der Waals surface area (Å²) in [6, 6.07) is -1.40. The summed E-state index contributed by atoms with van der Waals surface area (Å²) in [5.74, 6) is -2.45.